The molecule has 0 aromatic heterocycles. The third-order valence-electron chi connectivity index (χ3n) is 2.84. The Hall–Kier alpha value is -0.630. The van der Waals surface area contributed by atoms with Crippen molar-refractivity contribution in [2.75, 3.05) is 25.9 Å². The molecule has 0 saturated carbocycles. The minimum atomic E-state index is -3.55. The maximum atomic E-state index is 12.5. The summed E-state index contributed by atoms with van der Waals surface area (Å²) in [7, 11) is -2.02. The Morgan fingerprint density at radius 3 is 2.55 bits per heavy atom. The van der Waals surface area contributed by atoms with Crippen LogP contribution in [-0.2, 0) is 14.8 Å². The molecule has 0 spiro atoms. The van der Waals surface area contributed by atoms with Gasteiger partial charge in [-0.05, 0) is 54.4 Å². The van der Waals surface area contributed by atoms with Gasteiger partial charge in [-0.1, -0.05) is 0 Å². The predicted octanol–water partition coefficient (Wildman–Crippen LogP) is 2.39. The average molecular weight is 365 g/mol. The lowest BCUT2D eigenvalue weighted by atomic mass is 10.2. The monoisotopic (exact) mass is 364 g/mol. The van der Waals surface area contributed by atoms with E-state index in [-0.39, 0.29) is 11.0 Å². The summed E-state index contributed by atoms with van der Waals surface area (Å²) in [5, 5.41) is 0. The Morgan fingerprint density at radius 2 is 2.00 bits per heavy atom. The zero-order chi connectivity index (χ0) is 15.5. The molecule has 0 heterocycles. The number of halogens is 1. The lowest BCUT2D eigenvalue weighted by Crippen LogP contribution is -2.31. The maximum absolute atomic E-state index is 12.5. The number of rotatable bonds is 6. The highest BCUT2D eigenvalue weighted by Gasteiger charge is 2.23. The molecule has 20 heavy (non-hydrogen) atoms. The maximum Gasteiger partial charge on any atom is 0.243 e. The van der Waals surface area contributed by atoms with Crippen LogP contribution < -0.4 is 5.73 Å². The van der Waals surface area contributed by atoms with Crippen molar-refractivity contribution < 1.29 is 13.2 Å². The molecule has 2 N–H and O–H groups in total. The molecule has 5 nitrogen and oxygen atoms in total. The lowest BCUT2D eigenvalue weighted by molar-refractivity contribution is 0.0737. The molecule has 0 fully saturated rings. The Bertz CT molecular complexity index is 573. The van der Waals surface area contributed by atoms with Crippen LogP contribution in [0.5, 0.6) is 0 Å². The van der Waals surface area contributed by atoms with Gasteiger partial charge in [-0.2, -0.15) is 4.31 Å². The van der Waals surface area contributed by atoms with Crippen molar-refractivity contribution in [1.29, 1.82) is 0 Å². The summed E-state index contributed by atoms with van der Waals surface area (Å²) in [6.45, 7) is 6.23. The van der Waals surface area contributed by atoms with Crippen LogP contribution in [0.4, 0.5) is 5.69 Å². The number of benzene rings is 1. The molecule has 0 aliphatic heterocycles. The van der Waals surface area contributed by atoms with E-state index in [1.165, 1.54) is 17.4 Å². The Labute approximate surface area is 129 Å². The molecule has 0 radical (unpaired) electrons. The number of likely N-dealkylation sites (N-methyl/N-ethyl adjacent to an activating group) is 1. The topological polar surface area (TPSA) is 72.6 Å². The first-order chi connectivity index (χ1) is 9.16. The number of sulfonamides is 1. The molecular weight excluding hydrogens is 344 g/mol. The van der Waals surface area contributed by atoms with Gasteiger partial charge in [-0.3, -0.25) is 0 Å². The first-order valence-corrected chi connectivity index (χ1v) is 8.53. The summed E-state index contributed by atoms with van der Waals surface area (Å²) in [5.41, 5.74) is 6.83. The fourth-order valence-electron chi connectivity index (χ4n) is 1.65. The van der Waals surface area contributed by atoms with E-state index in [2.05, 4.69) is 15.9 Å². The predicted molar refractivity (Wildman–Crippen MR) is 84.2 cm³/mol. The molecule has 0 aliphatic rings. The number of hydrogen-bond acceptors (Lipinski definition) is 4. The summed E-state index contributed by atoms with van der Waals surface area (Å²) in [5.74, 6) is 0. The van der Waals surface area contributed by atoms with E-state index in [0.29, 0.717) is 28.9 Å². The second kappa shape index (κ2) is 6.89. The van der Waals surface area contributed by atoms with E-state index in [9.17, 15) is 8.42 Å². The molecule has 0 unspecified atom stereocenters. The van der Waals surface area contributed by atoms with Crippen LogP contribution in [0.1, 0.15) is 19.4 Å². The number of nitrogens with zero attached hydrogens (tertiary/aromatic N) is 1. The van der Waals surface area contributed by atoms with Gasteiger partial charge in [0.1, 0.15) is 0 Å². The fraction of sp³-hybridized carbons (Fsp3) is 0.538. The third-order valence-corrected chi connectivity index (χ3v) is 5.53. The van der Waals surface area contributed by atoms with Crippen LogP contribution in [-0.4, -0.2) is 39.0 Å². The van der Waals surface area contributed by atoms with Crippen molar-refractivity contribution in [3.05, 3.63) is 22.2 Å². The van der Waals surface area contributed by atoms with Crippen LogP contribution in [0.3, 0.4) is 0 Å². The van der Waals surface area contributed by atoms with Crippen molar-refractivity contribution in [1.82, 2.24) is 4.31 Å². The van der Waals surface area contributed by atoms with Gasteiger partial charge >= 0.3 is 0 Å². The van der Waals surface area contributed by atoms with Gasteiger partial charge in [-0.15, -0.1) is 0 Å². The van der Waals surface area contributed by atoms with Gasteiger partial charge in [0.2, 0.25) is 10.0 Å². The molecule has 1 aromatic carbocycles. The molecule has 0 bridgehead atoms. The van der Waals surface area contributed by atoms with Crippen molar-refractivity contribution in [2.45, 2.75) is 31.8 Å². The van der Waals surface area contributed by atoms with E-state index in [4.69, 9.17) is 10.5 Å². The highest BCUT2D eigenvalue weighted by Crippen LogP contribution is 2.28. The standard InChI is InChI=1S/C13H21BrN2O3S/c1-9(2)19-6-5-16(4)20(17,18)13-8-12(15)11(14)7-10(13)3/h7-9H,5-6,15H2,1-4H3. The molecule has 1 rings (SSSR count). The lowest BCUT2D eigenvalue weighted by Gasteiger charge is -2.19. The van der Waals surface area contributed by atoms with Crippen molar-refractivity contribution in [3.63, 3.8) is 0 Å². The minimum absolute atomic E-state index is 0.0798. The largest absolute Gasteiger partial charge is 0.398 e. The van der Waals surface area contributed by atoms with Gasteiger partial charge in [0.05, 0.1) is 17.6 Å². The van der Waals surface area contributed by atoms with E-state index in [1.54, 1.807) is 13.0 Å². The van der Waals surface area contributed by atoms with Gasteiger partial charge in [0.25, 0.3) is 0 Å². The van der Waals surface area contributed by atoms with Crippen molar-refractivity contribution >= 4 is 31.6 Å². The fourth-order valence-corrected chi connectivity index (χ4v) is 3.50. The van der Waals surface area contributed by atoms with Crippen LogP contribution in [0.15, 0.2) is 21.5 Å². The number of nitrogen functional groups attached to an aromatic ring is 1. The molecule has 0 atom stereocenters. The van der Waals surface area contributed by atoms with Crippen LogP contribution in [0, 0.1) is 6.92 Å². The van der Waals surface area contributed by atoms with Crippen molar-refractivity contribution in [2.24, 2.45) is 0 Å². The molecule has 0 aliphatic carbocycles. The first-order valence-electron chi connectivity index (χ1n) is 6.29. The Morgan fingerprint density at radius 1 is 1.40 bits per heavy atom. The molecule has 0 saturated heterocycles. The SMILES string of the molecule is Cc1cc(Br)c(N)cc1S(=O)(=O)N(C)CCOC(C)C. The van der Waals surface area contributed by atoms with Gasteiger partial charge in [0, 0.05) is 23.8 Å². The molecule has 0 amide bonds. The molecular formula is C13H21BrN2O3S. The number of nitrogens with two attached hydrogens (primary N) is 1. The summed E-state index contributed by atoms with van der Waals surface area (Å²) in [6, 6.07) is 3.19. The van der Waals surface area contributed by atoms with E-state index >= 15 is 0 Å². The zero-order valence-electron chi connectivity index (χ0n) is 12.2. The van der Waals surface area contributed by atoms with Crippen LogP contribution in [0.2, 0.25) is 0 Å². The number of aryl methyl sites for hydroxylation is 1. The number of anilines is 1. The zero-order valence-corrected chi connectivity index (χ0v) is 14.6. The first kappa shape index (κ1) is 17.4. The minimum Gasteiger partial charge on any atom is -0.398 e. The van der Waals surface area contributed by atoms with E-state index in [1.807, 2.05) is 13.8 Å². The smallest absolute Gasteiger partial charge is 0.243 e. The second-order valence-electron chi connectivity index (χ2n) is 4.89. The van der Waals surface area contributed by atoms with E-state index < -0.39 is 10.0 Å². The molecule has 7 heteroatoms. The normalized spacial score (nSPS) is 12.3. The van der Waals surface area contributed by atoms with Crippen molar-refractivity contribution in [3.8, 4) is 0 Å². The van der Waals surface area contributed by atoms with Crippen LogP contribution >= 0.6 is 15.9 Å². The molecule has 114 valence electrons. The van der Waals surface area contributed by atoms with E-state index in [0.717, 1.165) is 0 Å². The summed E-state index contributed by atoms with van der Waals surface area (Å²) >= 11 is 3.29. The quantitative estimate of drug-likeness (QED) is 0.786. The third kappa shape index (κ3) is 4.18. The number of hydrogen-bond donors (Lipinski definition) is 1. The highest BCUT2D eigenvalue weighted by atomic mass is 79.9. The number of ether oxygens (including phenoxy) is 1. The Balaban J connectivity index is 2.96. The summed E-state index contributed by atoms with van der Waals surface area (Å²) < 4.78 is 32.3. The van der Waals surface area contributed by atoms with Crippen LogP contribution in [0.25, 0.3) is 0 Å². The summed E-state index contributed by atoms with van der Waals surface area (Å²) in [4.78, 5) is 0.227. The van der Waals surface area contributed by atoms with Gasteiger partial charge < -0.3 is 10.5 Å². The summed E-state index contributed by atoms with van der Waals surface area (Å²) in [6.07, 6.45) is 0.0798. The average Bonchev–Trinajstić information content (AvgIpc) is 2.32. The molecule has 1 aromatic rings. The highest BCUT2D eigenvalue weighted by molar-refractivity contribution is 9.10. The second-order valence-corrected chi connectivity index (χ2v) is 7.75. The Kier molecular flexibility index (Phi) is 6.00. The van der Waals surface area contributed by atoms with Gasteiger partial charge in [-0.25, -0.2) is 8.42 Å². The van der Waals surface area contributed by atoms with Gasteiger partial charge in [0.15, 0.2) is 0 Å².